The van der Waals surface area contributed by atoms with Crippen LogP contribution in [-0.2, 0) is 4.74 Å². The highest BCUT2D eigenvalue weighted by Gasteiger charge is 2.18. The summed E-state index contributed by atoms with van der Waals surface area (Å²) >= 11 is 0. The third kappa shape index (κ3) is 4.78. The van der Waals surface area contributed by atoms with Gasteiger partial charge >= 0.3 is 0 Å². The monoisotopic (exact) mass is 280 g/mol. The molecule has 0 bridgehead atoms. The quantitative estimate of drug-likeness (QED) is 0.796. The van der Waals surface area contributed by atoms with Crippen LogP contribution in [0.5, 0.6) is 5.75 Å². The van der Waals surface area contributed by atoms with Crippen molar-refractivity contribution in [2.75, 3.05) is 39.5 Å². The van der Waals surface area contributed by atoms with E-state index in [0.717, 1.165) is 38.6 Å². The van der Waals surface area contributed by atoms with E-state index < -0.39 is 6.10 Å². The Morgan fingerprint density at radius 2 is 1.85 bits per heavy atom. The lowest BCUT2D eigenvalue weighted by atomic mass is 10.0. The molecule has 1 aromatic carbocycles. The largest absolute Gasteiger partial charge is 0.491 e. The molecular weight excluding hydrogens is 254 g/mol. The van der Waals surface area contributed by atoms with Crippen LogP contribution in [0.3, 0.4) is 0 Å². The van der Waals surface area contributed by atoms with E-state index in [-0.39, 0.29) is 0 Å². The molecule has 0 saturated carbocycles. The number of morpholine rings is 1. The lowest BCUT2D eigenvalue weighted by Crippen LogP contribution is -3.15. The summed E-state index contributed by atoms with van der Waals surface area (Å²) in [6.07, 6.45) is -0.423. The second-order valence-electron chi connectivity index (χ2n) is 5.76. The van der Waals surface area contributed by atoms with Gasteiger partial charge in [0.2, 0.25) is 0 Å². The zero-order valence-electron chi connectivity index (χ0n) is 12.5. The predicted molar refractivity (Wildman–Crippen MR) is 78.4 cm³/mol. The van der Waals surface area contributed by atoms with Gasteiger partial charge in [-0.1, -0.05) is 26.0 Å². The van der Waals surface area contributed by atoms with Crippen molar-refractivity contribution in [2.45, 2.75) is 25.9 Å². The molecule has 1 fully saturated rings. The predicted octanol–water partition coefficient (Wildman–Crippen LogP) is 0.465. The number of rotatable bonds is 6. The maximum absolute atomic E-state index is 10.0. The molecule has 1 aliphatic heterocycles. The Bertz CT molecular complexity index is 385. The van der Waals surface area contributed by atoms with Crippen LogP contribution in [0, 0.1) is 0 Å². The second-order valence-corrected chi connectivity index (χ2v) is 5.76. The van der Waals surface area contributed by atoms with Crippen LogP contribution >= 0.6 is 0 Å². The van der Waals surface area contributed by atoms with E-state index in [9.17, 15) is 5.11 Å². The summed E-state index contributed by atoms with van der Waals surface area (Å²) in [5.41, 5.74) is 1.30. The van der Waals surface area contributed by atoms with E-state index in [2.05, 4.69) is 26.0 Å². The van der Waals surface area contributed by atoms with E-state index in [1.807, 2.05) is 12.1 Å². The first kappa shape index (κ1) is 15.3. The Hall–Kier alpha value is -1.10. The van der Waals surface area contributed by atoms with Crippen molar-refractivity contribution in [1.29, 1.82) is 0 Å². The average molecular weight is 280 g/mol. The Kier molecular flexibility index (Phi) is 5.83. The molecule has 2 N–H and O–H groups in total. The van der Waals surface area contributed by atoms with Crippen LogP contribution in [0.15, 0.2) is 24.3 Å². The lowest BCUT2D eigenvalue weighted by Gasteiger charge is -2.25. The molecule has 1 saturated heterocycles. The molecular formula is C16H26NO3+. The summed E-state index contributed by atoms with van der Waals surface area (Å²) < 4.78 is 11.0. The number of ether oxygens (including phenoxy) is 2. The summed E-state index contributed by atoms with van der Waals surface area (Å²) in [7, 11) is 0. The molecule has 20 heavy (non-hydrogen) atoms. The summed E-state index contributed by atoms with van der Waals surface area (Å²) in [5.74, 6) is 1.35. The van der Waals surface area contributed by atoms with E-state index in [4.69, 9.17) is 9.47 Å². The molecule has 1 aromatic rings. The minimum absolute atomic E-state index is 0.353. The SMILES string of the molecule is CC(C)c1ccc(OC[C@H](O)C[NH+]2CCOCC2)cc1. The highest BCUT2D eigenvalue weighted by atomic mass is 16.5. The number of hydrogen-bond acceptors (Lipinski definition) is 3. The maximum atomic E-state index is 10.0. The highest BCUT2D eigenvalue weighted by Crippen LogP contribution is 2.18. The van der Waals surface area contributed by atoms with Crippen LogP contribution in [0.4, 0.5) is 0 Å². The van der Waals surface area contributed by atoms with Gasteiger partial charge in [0.05, 0.1) is 13.2 Å². The van der Waals surface area contributed by atoms with Gasteiger partial charge in [-0.05, 0) is 23.6 Å². The average Bonchev–Trinajstić information content (AvgIpc) is 2.46. The van der Waals surface area contributed by atoms with Crippen LogP contribution in [-0.4, -0.2) is 50.7 Å². The van der Waals surface area contributed by atoms with Gasteiger partial charge in [0, 0.05) is 0 Å². The van der Waals surface area contributed by atoms with Gasteiger partial charge in [-0.2, -0.15) is 0 Å². The third-order valence-corrected chi connectivity index (χ3v) is 3.71. The normalized spacial score (nSPS) is 18.2. The van der Waals surface area contributed by atoms with Gasteiger partial charge in [-0.3, -0.25) is 0 Å². The smallest absolute Gasteiger partial charge is 0.137 e. The summed E-state index contributed by atoms with van der Waals surface area (Å²) in [6.45, 7) is 8.95. The van der Waals surface area contributed by atoms with Crippen molar-refractivity contribution in [3.8, 4) is 5.75 Å². The molecule has 0 aliphatic carbocycles. The van der Waals surface area contributed by atoms with E-state index >= 15 is 0 Å². The van der Waals surface area contributed by atoms with Crippen molar-refractivity contribution >= 4 is 0 Å². The van der Waals surface area contributed by atoms with Crippen molar-refractivity contribution in [2.24, 2.45) is 0 Å². The van der Waals surface area contributed by atoms with Gasteiger partial charge in [0.15, 0.2) is 0 Å². The van der Waals surface area contributed by atoms with E-state index in [1.165, 1.54) is 10.5 Å². The Labute approximate surface area is 121 Å². The first-order valence-electron chi connectivity index (χ1n) is 7.47. The van der Waals surface area contributed by atoms with Gasteiger partial charge < -0.3 is 19.5 Å². The Morgan fingerprint density at radius 1 is 1.20 bits per heavy atom. The first-order chi connectivity index (χ1) is 9.65. The third-order valence-electron chi connectivity index (χ3n) is 3.71. The fraction of sp³-hybridized carbons (Fsp3) is 0.625. The van der Waals surface area contributed by atoms with E-state index in [0.29, 0.717) is 12.5 Å². The Morgan fingerprint density at radius 3 is 2.45 bits per heavy atom. The maximum Gasteiger partial charge on any atom is 0.137 e. The topological polar surface area (TPSA) is 43.1 Å². The first-order valence-corrected chi connectivity index (χ1v) is 7.47. The standard InChI is InChI=1S/C16H25NO3/c1-13(2)14-3-5-16(6-4-14)20-12-15(18)11-17-7-9-19-10-8-17/h3-6,13,15,18H,7-12H2,1-2H3/p+1/t15-/m1/s1. The molecule has 0 amide bonds. The molecule has 0 aromatic heterocycles. The highest BCUT2D eigenvalue weighted by molar-refractivity contribution is 5.28. The number of aliphatic hydroxyl groups is 1. The summed E-state index contributed by atoms with van der Waals surface area (Å²) in [5, 5.41) is 10.0. The Balaban J connectivity index is 1.73. The number of aliphatic hydroxyl groups excluding tert-OH is 1. The summed E-state index contributed by atoms with van der Waals surface area (Å²) in [6, 6.07) is 8.12. The van der Waals surface area contributed by atoms with Crippen LogP contribution < -0.4 is 9.64 Å². The van der Waals surface area contributed by atoms with Gasteiger partial charge in [-0.15, -0.1) is 0 Å². The molecule has 1 atom stereocenters. The molecule has 0 spiro atoms. The molecule has 112 valence electrons. The lowest BCUT2D eigenvalue weighted by molar-refractivity contribution is -0.911. The number of hydrogen-bond donors (Lipinski definition) is 2. The number of quaternary nitrogens is 1. The fourth-order valence-corrected chi connectivity index (χ4v) is 2.40. The summed E-state index contributed by atoms with van der Waals surface area (Å²) in [4.78, 5) is 1.39. The van der Waals surface area contributed by atoms with Crippen LogP contribution in [0.2, 0.25) is 0 Å². The van der Waals surface area contributed by atoms with Gasteiger partial charge in [0.25, 0.3) is 0 Å². The molecule has 0 unspecified atom stereocenters. The van der Waals surface area contributed by atoms with Crippen LogP contribution in [0.1, 0.15) is 25.3 Å². The molecule has 1 aliphatic rings. The molecule has 4 heteroatoms. The van der Waals surface area contributed by atoms with Gasteiger partial charge in [-0.25, -0.2) is 0 Å². The van der Waals surface area contributed by atoms with Crippen molar-refractivity contribution in [3.05, 3.63) is 29.8 Å². The van der Waals surface area contributed by atoms with Crippen LogP contribution in [0.25, 0.3) is 0 Å². The zero-order valence-corrected chi connectivity index (χ0v) is 12.5. The molecule has 4 nitrogen and oxygen atoms in total. The second kappa shape index (κ2) is 7.62. The molecule has 2 rings (SSSR count). The van der Waals surface area contributed by atoms with Crippen molar-refractivity contribution in [3.63, 3.8) is 0 Å². The zero-order chi connectivity index (χ0) is 14.4. The van der Waals surface area contributed by atoms with Gasteiger partial charge in [0.1, 0.15) is 38.1 Å². The minimum atomic E-state index is -0.423. The molecule has 1 heterocycles. The molecule has 0 radical (unpaired) electrons. The number of nitrogens with one attached hydrogen (secondary N) is 1. The van der Waals surface area contributed by atoms with Crippen molar-refractivity contribution in [1.82, 2.24) is 0 Å². The van der Waals surface area contributed by atoms with Crippen molar-refractivity contribution < 1.29 is 19.5 Å². The number of benzene rings is 1. The van der Waals surface area contributed by atoms with E-state index in [1.54, 1.807) is 0 Å². The fourth-order valence-electron chi connectivity index (χ4n) is 2.40. The minimum Gasteiger partial charge on any atom is -0.491 e.